The third kappa shape index (κ3) is 1.12. The van der Waals surface area contributed by atoms with E-state index in [2.05, 4.69) is 4.74 Å². The van der Waals surface area contributed by atoms with Gasteiger partial charge >= 0.3 is 12.1 Å². The number of carbonyl (C=O) groups excluding carboxylic acids is 2. The van der Waals surface area contributed by atoms with Crippen LogP contribution in [0.4, 0.5) is 4.79 Å². The summed E-state index contributed by atoms with van der Waals surface area (Å²) in [4.78, 5) is 24.2. The molecular formula is C9H13NO3. The average molecular weight is 183 g/mol. The predicted molar refractivity (Wildman–Crippen MR) is 45.0 cm³/mol. The van der Waals surface area contributed by atoms with Crippen molar-refractivity contribution in [3.63, 3.8) is 0 Å². The van der Waals surface area contributed by atoms with Crippen molar-refractivity contribution in [2.24, 2.45) is 5.92 Å². The summed E-state index contributed by atoms with van der Waals surface area (Å²) in [6, 6.07) is 0.289. The zero-order valence-corrected chi connectivity index (χ0v) is 7.82. The van der Waals surface area contributed by atoms with Gasteiger partial charge in [-0.15, -0.1) is 0 Å². The molecule has 2 heterocycles. The topological polar surface area (TPSA) is 46.6 Å². The summed E-state index contributed by atoms with van der Waals surface area (Å²) >= 11 is 0. The molecule has 0 N–H and O–H groups in total. The van der Waals surface area contributed by atoms with Crippen molar-refractivity contribution >= 4 is 12.1 Å². The number of carbonyl (C=O) groups is 2. The van der Waals surface area contributed by atoms with E-state index in [0.29, 0.717) is 0 Å². The van der Waals surface area contributed by atoms with E-state index in [1.807, 2.05) is 13.8 Å². The maximum Gasteiger partial charge on any atom is 0.418 e. The molecule has 4 heteroatoms. The Kier molecular flexibility index (Phi) is 1.78. The highest BCUT2D eigenvalue weighted by Crippen LogP contribution is 2.33. The Bertz CT molecular complexity index is 264. The highest BCUT2D eigenvalue weighted by atomic mass is 16.6. The molecule has 0 unspecified atom stereocenters. The van der Waals surface area contributed by atoms with Gasteiger partial charge in [0.1, 0.15) is 0 Å². The zero-order chi connectivity index (χ0) is 9.59. The fourth-order valence-electron chi connectivity index (χ4n) is 2.21. The van der Waals surface area contributed by atoms with Crippen molar-refractivity contribution in [3.05, 3.63) is 0 Å². The highest BCUT2D eigenvalue weighted by Gasteiger charge is 2.46. The van der Waals surface area contributed by atoms with Crippen LogP contribution in [0.1, 0.15) is 26.7 Å². The summed E-state index contributed by atoms with van der Waals surface area (Å²) < 4.78 is 4.63. The average Bonchev–Trinajstić information content (AvgIpc) is 2.44. The van der Waals surface area contributed by atoms with Gasteiger partial charge in [0.2, 0.25) is 0 Å². The smallest absolute Gasteiger partial charge is 0.376 e. The summed E-state index contributed by atoms with van der Waals surface area (Å²) in [5, 5.41) is 0. The molecule has 0 aliphatic carbocycles. The van der Waals surface area contributed by atoms with Crippen LogP contribution < -0.4 is 0 Å². The minimum atomic E-state index is -0.460. The van der Waals surface area contributed by atoms with Crippen LogP contribution in [0.15, 0.2) is 0 Å². The van der Waals surface area contributed by atoms with Crippen molar-refractivity contribution in [2.75, 3.05) is 0 Å². The maximum absolute atomic E-state index is 11.3. The van der Waals surface area contributed by atoms with Crippen LogP contribution in [0.5, 0.6) is 0 Å². The molecule has 2 aliphatic rings. The van der Waals surface area contributed by atoms with Crippen molar-refractivity contribution in [3.8, 4) is 0 Å². The maximum atomic E-state index is 11.3. The monoisotopic (exact) mass is 183 g/mol. The van der Waals surface area contributed by atoms with Crippen LogP contribution in [0.3, 0.4) is 0 Å². The van der Waals surface area contributed by atoms with Crippen LogP contribution >= 0.6 is 0 Å². The van der Waals surface area contributed by atoms with Crippen LogP contribution in [0.2, 0.25) is 0 Å². The van der Waals surface area contributed by atoms with Gasteiger partial charge in [0.25, 0.3) is 0 Å². The molecule has 2 rings (SSSR count). The molecule has 0 aromatic heterocycles. The third-order valence-corrected chi connectivity index (χ3v) is 3.06. The molecule has 0 bridgehead atoms. The molecule has 72 valence electrons. The minimum absolute atomic E-state index is 0.0729. The Balaban J connectivity index is 2.26. The van der Waals surface area contributed by atoms with E-state index < -0.39 is 6.09 Å². The molecule has 4 nitrogen and oxygen atoms in total. The summed E-state index contributed by atoms with van der Waals surface area (Å²) in [5.41, 5.74) is 0. The molecule has 0 aromatic carbocycles. The molecule has 13 heavy (non-hydrogen) atoms. The van der Waals surface area contributed by atoms with Crippen LogP contribution in [0, 0.1) is 5.92 Å². The Labute approximate surface area is 76.8 Å². The molecule has 0 saturated carbocycles. The third-order valence-electron chi connectivity index (χ3n) is 3.06. The molecule has 0 spiro atoms. The summed E-state index contributed by atoms with van der Waals surface area (Å²) in [5.74, 6) is -0.539. The lowest BCUT2D eigenvalue weighted by atomic mass is 9.99. The summed E-state index contributed by atoms with van der Waals surface area (Å²) in [6.45, 7) is 3.81. The molecule has 3 atom stereocenters. The molecule has 1 amide bonds. The van der Waals surface area contributed by atoms with Gasteiger partial charge in [-0.2, -0.15) is 0 Å². The Hall–Kier alpha value is -1.06. The SMILES string of the molecule is C[C@H]1C(=O)OC(=O)N2[C@@H]1CC[C@@H]2C. The van der Waals surface area contributed by atoms with Crippen molar-refractivity contribution in [1.82, 2.24) is 4.90 Å². The van der Waals surface area contributed by atoms with Gasteiger partial charge in [-0.05, 0) is 26.7 Å². The quantitative estimate of drug-likeness (QED) is 0.418. The Morgan fingerprint density at radius 3 is 2.69 bits per heavy atom. The number of rotatable bonds is 0. The van der Waals surface area contributed by atoms with E-state index in [-0.39, 0.29) is 24.0 Å². The summed E-state index contributed by atoms with van der Waals surface area (Å²) in [6.07, 6.45) is 1.43. The molecule has 2 saturated heterocycles. The number of hydrogen-bond acceptors (Lipinski definition) is 3. The van der Waals surface area contributed by atoms with E-state index in [9.17, 15) is 9.59 Å². The fourth-order valence-corrected chi connectivity index (χ4v) is 2.21. The van der Waals surface area contributed by atoms with Gasteiger partial charge in [-0.25, -0.2) is 4.79 Å². The van der Waals surface area contributed by atoms with E-state index in [1.165, 1.54) is 0 Å². The largest absolute Gasteiger partial charge is 0.418 e. The number of fused-ring (bicyclic) bond motifs is 1. The Morgan fingerprint density at radius 1 is 1.31 bits per heavy atom. The van der Waals surface area contributed by atoms with E-state index in [0.717, 1.165) is 12.8 Å². The van der Waals surface area contributed by atoms with Gasteiger partial charge in [0, 0.05) is 12.1 Å². The number of esters is 1. The first-order valence-electron chi connectivity index (χ1n) is 4.65. The van der Waals surface area contributed by atoms with Crippen LogP contribution in [0.25, 0.3) is 0 Å². The van der Waals surface area contributed by atoms with E-state index >= 15 is 0 Å². The lowest BCUT2D eigenvalue weighted by Gasteiger charge is -2.34. The van der Waals surface area contributed by atoms with E-state index in [1.54, 1.807) is 4.90 Å². The molecule has 2 aliphatic heterocycles. The second-order valence-corrected chi connectivity index (χ2v) is 3.88. The van der Waals surface area contributed by atoms with Gasteiger partial charge in [-0.3, -0.25) is 4.79 Å². The highest BCUT2D eigenvalue weighted by molar-refractivity contribution is 5.89. The minimum Gasteiger partial charge on any atom is -0.376 e. The Morgan fingerprint density at radius 2 is 2.00 bits per heavy atom. The standard InChI is InChI=1S/C9H13NO3/c1-5-3-4-7-6(2)8(11)13-9(12)10(5)7/h5-7H,3-4H2,1-2H3/t5-,6+,7+/m0/s1. The number of ether oxygens (including phenoxy) is 1. The second-order valence-electron chi connectivity index (χ2n) is 3.88. The first-order valence-corrected chi connectivity index (χ1v) is 4.65. The molecule has 0 aromatic rings. The number of hydrogen-bond donors (Lipinski definition) is 0. The van der Waals surface area contributed by atoms with Gasteiger partial charge < -0.3 is 9.64 Å². The van der Waals surface area contributed by atoms with Crippen molar-refractivity contribution in [1.29, 1.82) is 0 Å². The predicted octanol–water partition coefficient (Wildman–Crippen LogP) is 1.15. The normalized spacial score (nSPS) is 38.9. The lowest BCUT2D eigenvalue weighted by molar-refractivity contribution is -0.149. The van der Waals surface area contributed by atoms with E-state index in [4.69, 9.17) is 0 Å². The van der Waals surface area contributed by atoms with Crippen molar-refractivity contribution < 1.29 is 14.3 Å². The molecule has 2 fully saturated rings. The zero-order valence-electron chi connectivity index (χ0n) is 7.82. The molecular weight excluding hydrogens is 170 g/mol. The number of nitrogens with zero attached hydrogens (tertiary/aromatic N) is 1. The van der Waals surface area contributed by atoms with Gasteiger partial charge in [0.15, 0.2) is 0 Å². The van der Waals surface area contributed by atoms with Crippen LogP contribution in [-0.4, -0.2) is 29.0 Å². The van der Waals surface area contributed by atoms with Gasteiger partial charge in [0.05, 0.1) is 5.92 Å². The first-order chi connectivity index (χ1) is 6.11. The fraction of sp³-hybridized carbons (Fsp3) is 0.778. The van der Waals surface area contributed by atoms with Crippen LogP contribution in [-0.2, 0) is 9.53 Å². The number of amides is 1. The van der Waals surface area contributed by atoms with Gasteiger partial charge in [-0.1, -0.05) is 0 Å². The summed E-state index contributed by atoms with van der Waals surface area (Å²) in [7, 11) is 0. The second kappa shape index (κ2) is 2.72. The van der Waals surface area contributed by atoms with Crippen molar-refractivity contribution in [2.45, 2.75) is 38.8 Å². The number of cyclic esters (lactones) is 2. The molecule has 0 radical (unpaired) electrons. The first kappa shape index (κ1) is 8.53. The lowest BCUT2D eigenvalue weighted by Crippen LogP contribution is -2.51.